The monoisotopic (exact) mass is 484 g/mol. The minimum Gasteiger partial charge on any atom is -0.493 e. The molecule has 176 valence electrons. The molecule has 35 heavy (non-hydrogen) atoms. The van der Waals surface area contributed by atoms with Crippen LogP contribution in [0.3, 0.4) is 0 Å². The molecule has 0 fully saturated rings. The first-order valence-electron chi connectivity index (χ1n) is 11.1. The van der Waals surface area contributed by atoms with Gasteiger partial charge in [0.1, 0.15) is 12.3 Å². The van der Waals surface area contributed by atoms with Gasteiger partial charge in [-0.05, 0) is 17.7 Å². The number of carbonyl (C=O) groups is 1. The predicted octanol–water partition coefficient (Wildman–Crippen LogP) is 3.34. The highest BCUT2D eigenvalue weighted by atomic mass is 32.2. The van der Waals surface area contributed by atoms with E-state index in [4.69, 9.17) is 19.6 Å². The smallest absolute Gasteiger partial charge is 0.276 e. The zero-order valence-electron chi connectivity index (χ0n) is 19.2. The molecular weight excluding hydrogens is 460 g/mol. The SMILES string of the molecule is C=CCSC1=NN2C(=c3ccccc3=N[C@@H]2c2cccc(OC)c2OCc2ccccc2)C(=O)N1. The molecule has 3 aromatic rings. The van der Waals surface area contributed by atoms with Crippen molar-refractivity contribution in [1.82, 2.24) is 10.3 Å². The molecule has 0 radical (unpaired) electrons. The second kappa shape index (κ2) is 10.1. The first-order valence-corrected chi connectivity index (χ1v) is 12.1. The summed E-state index contributed by atoms with van der Waals surface area (Å²) in [5.41, 5.74) is 2.22. The number of carbonyl (C=O) groups excluding carboxylic acids is 1. The predicted molar refractivity (Wildman–Crippen MR) is 137 cm³/mol. The van der Waals surface area contributed by atoms with Gasteiger partial charge in [-0.15, -0.1) is 11.7 Å². The molecule has 3 aromatic carbocycles. The van der Waals surface area contributed by atoms with Crippen molar-refractivity contribution in [2.45, 2.75) is 12.8 Å². The van der Waals surface area contributed by atoms with Crippen LogP contribution in [0.5, 0.6) is 11.5 Å². The topological polar surface area (TPSA) is 75.5 Å². The van der Waals surface area contributed by atoms with Crippen LogP contribution in [-0.2, 0) is 11.4 Å². The van der Waals surface area contributed by atoms with Crippen molar-refractivity contribution in [3.63, 3.8) is 0 Å². The summed E-state index contributed by atoms with van der Waals surface area (Å²) in [6.45, 7) is 4.12. The van der Waals surface area contributed by atoms with E-state index in [1.807, 2.05) is 72.8 Å². The number of nitrogens with one attached hydrogen (secondary N) is 1. The Labute approximate surface area is 207 Å². The van der Waals surface area contributed by atoms with Crippen LogP contribution < -0.4 is 25.4 Å². The zero-order chi connectivity index (χ0) is 24.2. The molecule has 1 N–H and O–H groups in total. The minimum atomic E-state index is -0.619. The quantitative estimate of drug-likeness (QED) is 0.521. The van der Waals surface area contributed by atoms with E-state index < -0.39 is 6.17 Å². The van der Waals surface area contributed by atoms with Gasteiger partial charge in [-0.3, -0.25) is 15.1 Å². The number of rotatable bonds is 7. The Bertz CT molecular complexity index is 1420. The Hall–Kier alpha value is -4.04. The van der Waals surface area contributed by atoms with E-state index >= 15 is 0 Å². The molecule has 2 aliphatic rings. The normalized spacial score (nSPS) is 16.3. The lowest BCUT2D eigenvalue weighted by Gasteiger charge is -2.34. The molecule has 2 aliphatic heterocycles. The van der Waals surface area contributed by atoms with Crippen molar-refractivity contribution in [3.05, 3.63) is 107 Å². The summed E-state index contributed by atoms with van der Waals surface area (Å²) < 4.78 is 11.9. The molecule has 1 atom stereocenters. The summed E-state index contributed by atoms with van der Waals surface area (Å²) in [5, 5.41) is 11.3. The number of para-hydroxylation sites is 2. The van der Waals surface area contributed by atoms with E-state index in [1.54, 1.807) is 18.2 Å². The summed E-state index contributed by atoms with van der Waals surface area (Å²) in [4.78, 5) is 18.2. The highest BCUT2D eigenvalue weighted by Gasteiger charge is 2.36. The van der Waals surface area contributed by atoms with Crippen molar-refractivity contribution >= 4 is 28.5 Å². The largest absolute Gasteiger partial charge is 0.493 e. The van der Waals surface area contributed by atoms with Crippen LogP contribution in [0.4, 0.5) is 0 Å². The van der Waals surface area contributed by atoms with Crippen LogP contribution in [0.25, 0.3) is 5.70 Å². The van der Waals surface area contributed by atoms with E-state index in [0.29, 0.717) is 40.1 Å². The number of benzene rings is 3. The average Bonchev–Trinajstić information content (AvgIpc) is 2.90. The van der Waals surface area contributed by atoms with Gasteiger partial charge >= 0.3 is 0 Å². The number of hydrogen-bond acceptors (Lipinski definition) is 7. The van der Waals surface area contributed by atoms with Gasteiger partial charge in [0.15, 0.2) is 22.8 Å². The molecule has 0 saturated heterocycles. The van der Waals surface area contributed by atoms with E-state index in [9.17, 15) is 4.79 Å². The fraction of sp³-hybridized carbons (Fsp3) is 0.148. The number of amides is 1. The fourth-order valence-corrected chi connectivity index (χ4v) is 4.60. The molecule has 5 rings (SSSR count). The standard InChI is InChI=1S/C27H24N4O3S/c1-3-16-35-27-29-26(32)23-19-12-7-8-14-21(19)28-25(31(23)30-27)20-13-9-15-22(33-2)24(20)34-17-18-10-5-4-6-11-18/h3-15,25H,1,16-17H2,2H3,(H,29,30,32)/t25-/m0/s1. The highest BCUT2D eigenvalue weighted by molar-refractivity contribution is 8.14. The Morgan fingerprint density at radius 1 is 1.09 bits per heavy atom. The van der Waals surface area contributed by atoms with Crippen molar-refractivity contribution in [1.29, 1.82) is 0 Å². The number of fused-ring (bicyclic) bond motifs is 2. The van der Waals surface area contributed by atoms with Crippen LogP contribution >= 0.6 is 11.8 Å². The Balaban J connectivity index is 1.64. The maximum Gasteiger partial charge on any atom is 0.276 e. The molecule has 0 unspecified atom stereocenters. The molecule has 0 aromatic heterocycles. The first-order chi connectivity index (χ1) is 17.2. The maximum absolute atomic E-state index is 13.3. The molecule has 0 saturated carbocycles. The number of amidine groups is 1. The van der Waals surface area contributed by atoms with Gasteiger partial charge in [-0.25, -0.2) is 5.01 Å². The number of ether oxygens (including phenoxy) is 2. The fourth-order valence-electron chi connectivity index (χ4n) is 4.01. The van der Waals surface area contributed by atoms with Crippen LogP contribution in [0, 0.1) is 0 Å². The highest BCUT2D eigenvalue weighted by Crippen LogP contribution is 2.40. The number of thioether (sulfide) groups is 1. The second-order valence-corrected chi connectivity index (χ2v) is 8.83. The number of hydrazone groups is 1. The lowest BCUT2D eigenvalue weighted by molar-refractivity contribution is -0.116. The molecule has 7 nitrogen and oxygen atoms in total. The van der Waals surface area contributed by atoms with Gasteiger partial charge in [-0.1, -0.05) is 78.5 Å². The molecule has 1 amide bonds. The molecule has 2 heterocycles. The third kappa shape index (κ3) is 4.52. The summed E-state index contributed by atoms with van der Waals surface area (Å²) in [6.07, 6.45) is 1.15. The third-order valence-corrected chi connectivity index (χ3v) is 6.45. The number of hydrogen-bond donors (Lipinski definition) is 1. The first kappa shape index (κ1) is 22.7. The molecule has 0 spiro atoms. The average molecular weight is 485 g/mol. The van der Waals surface area contributed by atoms with Gasteiger partial charge < -0.3 is 9.47 Å². The van der Waals surface area contributed by atoms with Crippen molar-refractivity contribution in [2.75, 3.05) is 12.9 Å². The third-order valence-electron chi connectivity index (χ3n) is 5.59. The van der Waals surface area contributed by atoms with Gasteiger partial charge in [0.05, 0.1) is 12.5 Å². The van der Waals surface area contributed by atoms with E-state index in [0.717, 1.165) is 16.3 Å². The van der Waals surface area contributed by atoms with Crippen LogP contribution in [0.2, 0.25) is 0 Å². The summed E-state index contributed by atoms with van der Waals surface area (Å²) >= 11 is 1.40. The van der Waals surface area contributed by atoms with Gasteiger partial charge in [0.25, 0.3) is 5.91 Å². The molecule has 8 heteroatoms. The van der Waals surface area contributed by atoms with Crippen molar-refractivity contribution < 1.29 is 14.3 Å². The molecular formula is C27H24N4O3S. The summed E-state index contributed by atoms with van der Waals surface area (Å²) in [6, 6.07) is 23.2. The van der Waals surface area contributed by atoms with E-state index in [2.05, 4.69) is 11.9 Å². The minimum absolute atomic E-state index is 0.228. The van der Waals surface area contributed by atoms with Gasteiger partial charge in [-0.2, -0.15) is 0 Å². The van der Waals surface area contributed by atoms with E-state index in [-0.39, 0.29) is 5.91 Å². The van der Waals surface area contributed by atoms with Crippen LogP contribution in [-0.4, -0.2) is 28.9 Å². The summed E-state index contributed by atoms with van der Waals surface area (Å²) in [5.74, 6) is 1.53. The second-order valence-electron chi connectivity index (χ2n) is 7.82. The molecule has 0 bridgehead atoms. The van der Waals surface area contributed by atoms with E-state index in [1.165, 1.54) is 11.8 Å². The van der Waals surface area contributed by atoms with Crippen LogP contribution in [0.1, 0.15) is 17.3 Å². The summed E-state index contributed by atoms with van der Waals surface area (Å²) in [7, 11) is 1.61. The van der Waals surface area contributed by atoms with Crippen LogP contribution in [0.15, 0.2) is 95.5 Å². The maximum atomic E-state index is 13.3. The van der Waals surface area contributed by atoms with Gasteiger partial charge in [0, 0.05) is 16.5 Å². The number of methoxy groups -OCH3 is 1. The van der Waals surface area contributed by atoms with Gasteiger partial charge in [0.2, 0.25) is 0 Å². The lowest BCUT2D eigenvalue weighted by Crippen LogP contribution is -2.50. The molecule has 0 aliphatic carbocycles. The Morgan fingerprint density at radius 3 is 2.69 bits per heavy atom. The van der Waals surface area contributed by atoms with Crippen molar-refractivity contribution in [3.8, 4) is 11.5 Å². The lowest BCUT2D eigenvalue weighted by atomic mass is 10.1. The van der Waals surface area contributed by atoms with Crippen molar-refractivity contribution in [2.24, 2.45) is 10.1 Å². The Morgan fingerprint density at radius 2 is 1.89 bits per heavy atom. The Kier molecular flexibility index (Phi) is 6.54. The zero-order valence-corrected chi connectivity index (χ0v) is 20.0. The number of nitrogens with zero attached hydrogens (tertiary/aromatic N) is 3.